The van der Waals surface area contributed by atoms with Crippen LogP contribution >= 0.6 is 0 Å². The monoisotopic (exact) mass is 432 g/mol. The van der Waals surface area contributed by atoms with Crippen LogP contribution in [0.15, 0.2) is 48.5 Å². The zero-order valence-corrected chi connectivity index (χ0v) is 18.7. The first-order valence-corrected chi connectivity index (χ1v) is 10.9. The molecule has 1 aliphatic heterocycles. The van der Waals surface area contributed by atoms with Crippen LogP contribution in [0.2, 0.25) is 0 Å². The summed E-state index contributed by atoms with van der Waals surface area (Å²) in [6.45, 7) is 7.99. The van der Waals surface area contributed by atoms with E-state index in [4.69, 9.17) is 14.7 Å². The predicted octanol–water partition coefficient (Wildman–Crippen LogP) is 4.59. The molecule has 1 aromatic heterocycles. The molecule has 32 heavy (non-hydrogen) atoms. The van der Waals surface area contributed by atoms with Gasteiger partial charge in [0.1, 0.15) is 5.60 Å². The molecule has 1 amide bonds. The Labute approximate surface area is 188 Å². The molecule has 2 heterocycles. The van der Waals surface area contributed by atoms with E-state index in [1.165, 1.54) is 0 Å². The number of hydrogen-bond acceptors (Lipinski definition) is 5. The van der Waals surface area contributed by atoms with Gasteiger partial charge in [0.25, 0.3) is 6.01 Å². The van der Waals surface area contributed by atoms with Crippen LogP contribution in [0.25, 0.3) is 11.0 Å². The van der Waals surface area contributed by atoms with Crippen molar-refractivity contribution in [2.75, 3.05) is 19.7 Å². The van der Waals surface area contributed by atoms with Crippen LogP contribution in [0.1, 0.15) is 38.3 Å². The molecule has 0 aliphatic carbocycles. The quantitative estimate of drug-likeness (QED) is 0.589. The van der Waals surface area contributed by atoms with Crippen molar-refractivity contribution in [2.24, 2.45) is 5.92 Å². The molecule has 1 atom stereocenters. The van der Waals surface area contributed by atoms with Gasteiger partial charge in [-0.3, -0.25) is 4.57 Å². The second-order valence-corrected chi connectivity index (χ2v) is 9.17. The van der Waals surface area contributed by atoms with Gasteiger partial charge in [0, 0.05) is 19.0 Å². The van der Waals surface area contributed by atoms with E-state index in [2.05, 4.69) is 15.6 Å². The van der Waals surface area contributed by atoms with Gasteiger partial charge in [0.05, 0.1) is 35.8 Å². The summed E-state index contributed by atoms with van der Waals surface area (Å²) in [5.74, 6) is 0.227. The molecule has 0 saturated carbocycles. The fourth-order valence-electron chi connectivity index (χ4n) is 3.84. The summed E-state index contributed by atoms with van der Waals surface area (Å²) in [7, 11) is 0. The topological polar surface area (TPSA) is 80.4 Å². The summed E-state index contributed by atoms with van der Waals surface area (Å²) in [5.41, 5.74) is 3.07. The number of carbonyl (C=O) groups is 1. The Morgan fingerprint density at radius 1 is 1.19 bits per heavy atom. The summed E-state index contributed by atoms with van der Waals surface area (Å²) in [6.07, 6.45) is 0.600. The highest BCUT2D eigenvalue weighted by Crippen LogP contribution is 2.25. The highest BCUT2D eigenvalue weighted by molar-refractivity contribution is 5.76. The third-order valence-corrected chi connectivity index (χ3v) is 5.43. The van der Waals surface area contributed by atoms with Crippen LogP contribution in [0.4, 0.5) is 4.79 Å². The number of nitrogens with zero attached hydrogens (tertiary/aromatic N) is 4. The molecular weight excluding hydrogens is 404 g/mol. The lowest BCUT2D eigenvalue weighted by atomic mass is 10.1. The van der Waals surface area contributed by atoms with Crippen LogP contribution in [-0.2, 0) is 11.3 Å². The van der Waals surface area contributed by atoms with Crippen molar-refractivity contribution >= 4 is 17.1 Å². The first-order valence-electron chi connectivity index (χ1n) is 10.9. The van der Waals surface area contributed by atoms with E-state index >= 15 is 0 Å². The van der Waals surface area contributed by atoms with Gasteiger partial charge in [-0.05, 0) is 57.0 Å². The Morgan fingerprint density at radius 3 is 2.66 bits per heavy atom. The van der Waals surface area contributed by atoms with Gasteiger partial charge >= 0.3 is 6.09 Å². The number of aromatic nitrogens is 2. The highest BCUT2D eigenvalue weighted by atomic mass is 16.6. The van der Waals surface area contributed by atoms with E-state index in [1.54, 1.807) is 4.90 Å². The molecule has 1 saturated heterocycles. The van der Waals surface area contributed by atoms with E-state index in [9.17, 15) is 4.79 Å². The first-order chi connectivity index (χ1) is 15.3. The molecule has 1 fully saturated rings. The van der Waals surface area contributed by atoms with E-state index in [-0.39, 0.29) is 12.0 Å². The van der Waals surface area contributed by atoms with Gasteiger partial charge in [-0.25, -0.2) is 4.79 Å². The molecule has 166 valence electrons. The van der Waals surface area contributed by atoms with Gasteiger partial charge < -0.3 is 14.4 Å². The Kier molecular flexibility index (Phi) is 6.04. The van der Waals surface area contributed by atoms with Crippen molar-refractivity contribution in [1.82, 2.24) is 14.5 Å². The largest absolute Gasteiger partial charge is 0.464 e. The van der Waals surface area contributed by atoms with Crippen molar-refractivity contribution in [3.05, 3.63) is 59.7 Å². The summed E-state index contributed by atoms with van der Waals surface area (Å²) >= 11 is 0. The van der Waals surface area contributed by atoms with E-state index in [1.807, 2.05) is 69.3 Å². The molecule has 0 unspecified atom stereocenters. The van der Waals surface area contributed by atoms with Gasteiger partial charge in [0.2, 0.25) is 0 Å². The van der Waals surface area contributed by atoms with Crippen molar-refractivity contribution in [3.63, 3.8) is 0 Å². The molecule has 0 N–H and O–H groups in total. The highest BCUT2D eigenvalue weighted by Gasteiger charge is 2.30. The number of likely N-dealkylation sites (tertiary alicyclic amines) is 1. The van der Waals surface area contributed by atoms with Gasteiger partial charge in [-0.1, -0.05) is 24.3 Å². The number of nitriles is 1. The second-order valence-electron chi connectivity index (χ2n) is 9.17. The standard InChI is InChI=1S/C25H28N4O3/c1-25(2,3)32-24(30)28-13-12-20(15-28)17-31-23-27-21-6-4-5-7-22(21)29(23)16-19-10-8-18(14-26)9-11-19/h4-11,20H,12-13,15-17H2,1-3H3/t20-/m0/s1. The number of amides is 1. The lowest BCUT2D eigenvalue weighted by Crippen LogP contribution is -2.35. The first kappa shape index (κ1) is 21.7. The number of para-hydroxylation sites is 2. The van der Waals surface area contributed by atoms with Crippen LogP contribution in [-0.4, -0.2) is 45.8 Å². The minimum absolute atomic E-state index is 0.227. The van der Waals surface area contributed by atoms with Gasteiger partial charge in [-0.15, -0.1) is 0 Å². The van der Waals surface area contributed by atoms with Crippen LogP contribution in [0, 0.1) is 17.2 Å². The molecule has 1 aliphatic rings. The van der Waals surface area contributed by atoms with Crippen molar-refractivity contribution < 1.29 is 14.3 Å². The minimum atomic E-state index is -0.498. The molecule has 7 nitrogen and oxygen atoms in total. The lowest BCUT2D eigenvalue weighted by molar-refractivity contribution is 0.0284. The third kappa shape index (κ3) is 5.02. The molecule has 0 radical (unpaired) electrons. The van der Waals surface area contributed by atoms with Gasteiger partial charge in [-0.2, -0.15) is 10.2 Å². The maximum Gasteiger partial charge on any atom is 0.410 e. The smallest absolute Gasteiger partial charge is 0.410 e. The fraction of sp³-hybridized carbons (Fsp3) is 0.400. The number of ether oxygens (including phenoxy) is 2. The summed E-state index contributed by atoms with van der Waals surface area (Å²) in [5, 5.41) is 9.04. The molecular formula is C25H28N4O3. The number of rotatable bonds is 5. The lowest BCUT2D eigenvalue weighted by Gasteiger charge is -2.24. The Bertz CT molecular complexity index is 1140. The average molecular weight is 433 g/mol. The Morgan fingerprint density at radius 2 is 1.94 bits per heavy atom. The summed E-state index contributed by atoms with van der Waals surface area (Å²) < 4.78 is 13.7. The van der Waals surface area contributed by atoms with Gasteiger partial charge in [0.15, 0.2) is 0 Å². The van der Waals surface area contributed by atoms with Crippen molar-refractivity contribution in [3.8, 4) is 12.1 Å². The van der Waals surface area contributed by atoms with E-state index < -0.39 is 5.60 Å². The van der Waals surface area contributed by atoms with Crippen molar-refractivity contribution in [1.29, 1.82) is 5.26 Å². The zero-order valence-electron chi connectivity index (χ0n) is 18.7. The molecule has 0 spiro atoms. The SMILES string of the molecule is CC(C)(C)OC(=O)N1CC[C@H](COc2nc3ccccc3n2Cc2ccc(C#N)cc2)C1. The predicted molar refractivity (Wildman–Crippen MR) is 121 cm³/mol. The molecule has 3 aromatic rings. The van der Waals surface area contributed by atoms with Crippen LogP contribution in [0.3, 0.4) is 0 Å². The van der Waals surface area contributed by atoms with Crippen LogP contribution < -0.4 is 4.74 Å². The number of hydrogen-bond donors (Lipinski definition) is 0. The number of benzene rings is 2. The van der Waals surface area contributed by atoms with Crippen LogP contribution in [0.5, 0.6) is 6.01 Å². The third-order valence-electron chi connectivity index (χ3n) is 5.43. The number of fused-ring (bicyclic) bond motifs is 1. The van der Waals surface area contributed by atoms with E-state index in [0.29, 0.717) is 37.8 Å². The minimum Gasteiger partial charge on any atom is -0.464 e. The Hall–Kier alpha value is -3.53. The molecule has 2 aromatic carbocycles. The summed E-state index contributed by atoms with van der Waals surface area (Å²) in [4.78, 5) is 18.8. The second kappa shape index (κ2) is 8.91. The normalized spacial score (nSPS) is 16.2. The number of carbonyl (C=O) groups excluding carboxylic acids is 1. The van der Waals surface area contributed by atoms with Crippen molar-refractivity contribution in [2.45, 2.75) is 39.3 Å². The molecule has 0 bridgehead atoms. The average Bonchev–Trinajstić information content (AvgIpc) is 3.37. The fourth-order valence-corrected chi connectivity index (χ4v) is 3.84. The molecule has 4 rings (SSSR count). The maximum absolute atomic E-state index is 12.3. The maximum atomic E-state index is 12.3. The Balaban J connectivity index is 1.46. The number of imidazole rings is 1. The summed E-state index contributed by atoms with van der Waals surface area (Å²) in [6, 6.07) is 18.2. The zero-order chi connectivity index (χ0) is 22.7. The molecule has 7 heteroatoms. The van der Waals surface area contributed by atoms with E-state index in [0.717, 1.165) is 23.0 Å².